The maximum atomic E-state index is 11.9. The number of aromatic nitrogens is 2. The minimum atomic E-state index is -0.537. The van der Waals surface area contributed by atoms with Gasteiger partial charge >= 0.3 is 5.91 Å². The van der Waals surface area contributed by atoms with E-state index in [-0.39, 0.29) is 6.67 Å². The molecule has 6 nitrogen and oxygen atoms in total. The highest BCUT2D eigenvalue weighted by Crippen LogP contribution is 2.27. The Morgan fingerprint density at radius 3 is 2.58 bits per heavy atom. The highest BCUT2D eigenvalue weighted by molar-refractivity contribution is 6.52. The lowest BCUT2D eigenvalue weighted by molar-refractivity contribution is -0.114. The molecule has 1 aromatic carbocycles. The lowest BCUT2D eigenvalue weighted by Crippen LogP contribution is -2.34. The third-order valence-corrected chi connectivity index (χ3v) is 2.84. The molecule has 1 amide bonds. The summed E-state index contributed by atoms with van der Waals surface area (Å²) in [4.78, 5) is 33.0. The number of para-hydroxylation sites is 1. The molecule has 0 aliphatic carbocycles. The van der Waals surface area contributed by atoms with Crippen LogP contribution in [0.15, 0.2) is 42.7 Å². The monoisotopic (exact) mass is 254 g/mol. The summed E-state index contributed by atoms with van der Waals surface area (Å²) in [5.41, 5.74) is 1.05. The SMILES string of the molecule is O=C1C(=O)N(CNc2ncccn2)c2ccccc21. The minimum Gasteiger partial charge on any atom is -0.336 e. The van der Waals surface area contributed by atoms with Crippen molar-refractivity contribution in [3.8, 4) is 0 Å². The average molecular weight is 254 g/mol. The summed E-state index contributed by atoms with van der Waals surface area (Å²) in [5.74, 6) is -0.608. The van der Waals surface area contributed by atoms with E-state index in [1.165, 1.54) is 4.90 Å². The number of benzene rings is 1. The van der Waals surface area contributed by atoms with E-state index in [9.17, 15) is 9.59 Å². The number of nitrogens with zero attached hydrogens (tertiary/aromatic N) is 3. The van der Waals surface area contributed by atoms with Gasteiger partial charge in [-0.05, 0) is 18.2 Å². The van der Waals surface area contributed by atoms with Gasteiger partial charge in [0.05, 0.1) is 17.9 Å². The molecule has 3 rings (SSSR count). The Kier molecular flexibility index (Phi) is 2.68. The van der Waals surface area contributed by atoms with Crippen molar-refractivity contribution in [2.24, 2.45) is 0 Å². The molecule has 1 aromatic heterocycles. The van der Waals surface area contributed by atoms with Crippen LogP contribution in [-0.2, 0) is 4.79 Å². The van der Waals surface area contributed by atoms with Gasteiger partial charge in [-0.15, -0.1) is 0 Å². The number of amides is 1. The molecule has 94 valence electrons. The number of hydrogen-bond acceptors (Lipinski definition) is 5. The predicted molar refractivity (Wildman–Crippen MR) is 68.8 cm³/mol. The van der Waals surface area contributed by atoms with E-state index >= 15 is 0 Å². The number of carbonyl (C=O) groups excluding carboxylic acids is 2. The van der Waals surface area contributed by atoms with E-state index in [2.05, 4.69) is 15.3 Å². The molecular weight excluding hydrogens is 244 g/mol. The van der Waals surface area contributed by atoms with Crippen molar-refractivity contribution in [2.75, 3.05) is 16.9 Å². The van der Waals surface area contributed by atoms with Crippen LogP contribution in [0.2, 0.25) is 0 Å². The molecule has 0 radical (unpaired) electrons. The molecule has 0 spiro atoms. The smallest absolute Gasteiger partial charge is 0.300 e. The molecule has 2 heterocycles. The molecule has 2 aromatic rings. The van der Waals surface area contributed by atoms with Crippen molar-refractivity contribution >= 4 is 23.3 Å². The molecule has 19 heavy (non-hydrogen) atoms. The second kappa shape index (κ2) is 4.49. The standard InChI is InChI=1S/C13H10N4O2/c18-11-9-4-1-2-5-10(9)17(12(11)19)8-16-13-14-6-3-7-15-13/h1-7H,8H2,(H,14,15,16). The van der Waals surface area contributed by atoms with Crippen LogP contribution in [0.1, 0.15) is 10.4 Å². The van der Waals surface area contributed by atoms with E-state index < -0.39 is 11.7 Å². The second-order valence-corrected chi connectivity index (χ2v) is 3.99. The summed E-state index contributed by atoms with van der Waals surface area (Å²) in [6, 6.07) is 8.61. The molecule has 6 heteroatoms. The lowest BCUT2D eigenvalue weighted by Gasteiger charge is -2.16. The molecule has 1 aliphatic heterocycles. The number of nitrogens with one attached hydrogen (secondary N) is 1. The molecule has 0 unspecified atom stereocenters. The largest absolute Gasteiger partial charge is 0.336 e. The number of fused-ring (bicyclic) bond motifs is 1. The minimum absolute atomic E-state index is 0.158. The number of hydrogen-bond donors (Lipinski definition) is 1. The Labute approximate surface area is 109 Å². The maximum absolute atomic E-state index is 11.9. The molecule has 0 atom stereocenters. The predicted octanol–water partition coefficient (Wildman–Crippen LogP) is 1.08. The van der Waals surface area contributed by atoms with Crippen LogP contribution < -0.4 is 10.2 Å². The summed E-state index contributed by atoms with van der Waals surface area (Å²) < 4.78 is 0. The third-order valence-electron chi connectivity index (χ3n) is 2.84. The van der Waals surface area contributed by atoms with E-state index in [0.29, 0.717) is 17.2 Å². The first-order valence-electron chi connectivity index (χ1n) is 5.73. The lowest BCUT2D eigenvalue weighted by atomic mass is 10.1. The van der Waals surface area contributed by atoms with E-state index in [4.69, 9.17) is 0 Å². The van der Waals surface area contributed by atoms with Crippen LogP contribution >= 0.6 is 0 Å². The second-order valence-electron chi connectivity index (χ2n) is 3.99. The zero-order valence-corrected chi connectivity index (χ0v) is 9.91. The first-order chi connectivity index (χ1) is 9.27. The van der Waals surface area contributed by atoms with Gasteiger partial charge in [-0.1, -0.05) is 12.1 Å². The Morgan fingerprint density at radius 1 is 1.05 bits per heavy atom. The van der Waals surface area contributed by atoms with Gasteiger partial charge in [0.25, 0.3) is 5.78 Å². The van der Waals surface area contributed by atoms with Crippen molar-refractivity contribution in [1.29, 1.82) is 0 Å². The highest BCUT2D eigenvalue weighted by atomic mass is 16.2. The number of ketones is 1. The zero-order chi connectivity index (χ0) is 13.2. The first-order valence-corrected chi connectivity index (χ1v) is 5.73. The van der Waals surface area contributed by atoms with Crippen LogP contribution in [0.3, 0.4) is 0 Å². The molecular formula is C13H10N4O2. The Hall–Kier alpha value is -2.76. The van der Waals surface area contributed by atoms with Gasteiger partial charge in [-0.25, -0.2) is 9.97 Å². The van der Waals surface area contributed by atoms with Gasteiger partial charge in [-0.2, -0.15) is 0 Å². The van der Waals surface area contributed by atoms with Gasteiger partial charge in [0, 0.05) is 12.4 Å². The molecule has 1 N–H and O–H groups in total. The molecule has 0 saturated carbocycles. The maximum Gasteiger partial charge on any atom is 0.300 e. The van der Waals surface area contributed by atoms with Crippen molar-refractivity contribution in [2.45, 2.75) is 0 Å². The van der Waals surface area contributed by atoms with Crippen LogP contribution in [0.5, 0.6) is 0 Å². The van der Waals surface area contributed by atoms with Crippen LogP contribution in [-0.4, -0.2) is 28.3 Å². The van der Waals surface area contributed by atoms with E-state index in [1.54, 1.807) is 42.7 Å². The number of rotatable bonds is 3. The summed E-state index contributed by atoms with van der Waals surface area (Å²) in [6.07, 6.45) is 3.19. The highest BCUT2D eigenvalue weighted by Gasteiger charge is 2.35. The van der Waals surface area contributed by atoms with Crippen molar-refractivity contribution < 1.29 is 9.59 Å². The number of Topliss-reactive ketones (excluding diaryl/α,β-unsaturated/α-hetero) is 1. The number of anilines is 2. The van der Waals surface area contributed by atoms with Crippen molar-refractivity contribution in [3.05, 3.63) is 48.3 Å². The summed E-state index contributed by atoms with van der Waals surface area (Å²) in [5, 5.41) is 2.91. The normalized spacial score (nSPS) is 13.6. The molecule has 1 aliphatic rings. The van der Waals surface area contributed by atoms with E-state index in [0.717, 1.165) is 0 Å². The average Bonchev–Trinajstić information content (AvgIpc) is 2.71. The zero-order valence-electron chi connectivity index (χ0n) is 9.91. The van der Waals surface area contributed by atoms with Gasteiger partial charge in [0.2, 0.25) is 5.95 Å². The van der Waals surface area contributed by atoms with Gasteiger partial charge < -0.3 is 5.32 Å². The fourth-order valence-corrected chi connectivity index (χ4v) is 1.95. The first kappa shape index (κ1) is 11.3. The third kappa shape index (κ3) is 1.93. The molecule has 0 fully saturated rings. The summed E-state index contributed by atoms with van der Waals surface area (Å²) in [6.45, 7) is 0.158. The Bertz CT molecular complexity index is 642. The fourth-order valence-electron chi connectivity index (χ4n) is 1.95. The van der Waals surface area contributed by atoms with Gasteiger partial charge in [0.15, 0.2) is 0 Å². The Morgan fingerprint density at radius 2 is 1.79 bits per heavy atom. The fraction of sp³-hybridized carbons (Fsp3) is 0.0769. The van der Waals surface area contributed by atoms with Crippen LogP contribution in [0.25, 0.3) is 0 Å². The molecule has 0 saturated heterocycles. The van der Waals surface area contributed by atoms with Gasteiger partial charge in [0.1, 0.15) is 0 Å². The van der Waals surface area contributed by atoms with Crippen molar-refractivity contribution in [1.82, 2.24) is 9.97 Å². The van der Waals surface area contributed by atoms with Crippen LogP contribution in [0.4, 0.5) is 11.6 Å². The van der Waals surface area contributed by atoms with Crippen LogP contribution in [0, 0.1) is 0 Å². The summed E-state index contributed by atoms with van der Waals surface area (Å²) in [7, 11) is 0. The molecule has 0 bridgehead atoms. The number of carbonyl (C=O) groups is 2. The van der Waals surface area contributed by atoms with Crippen molar-refractivity contribution in [3.63, 3.8) is 0 Å². The summed E-state index contributed by atoms with van der Waals surface area (Å²) >= 11 is 0. The topological polar surface area (TPSA) is 75.2 Å². The van der Waals surface area contributed by atoms with Gasteiger partial charge in [-0.3, -0.25) is 14.5 Å². The Balaban J connectivity index is 1.82. The quantitative estimate of drug-likeness (QED) is 0.829. The van der Waals surface area contributed by atoms with E-state index in [1.807, 2.05) is 0 Å².